The van der Waals surface area contributed by atoms with Gasteiger partial charge in [-0.3, -0.25) is 19.4 Å². The Bertz CT molecular complexity index is 1260. The zero-order valence-corrected chi connectivity index (χ0v) is 19.4. The third-order valence-corrected chi connectivity index (χ3v) is 7.41. The number of carbonyl (C=O) groups is 2. The van der Waals surface area contributed by atoms with Gasteiger partial charge in [-0.2, -0.15) is 4.37 Å². The van der Waals surface area contributed by atoms with Crippen LogP contribution in [0, 0.1) is 5.41 Å². The number of fused-ring (bicyclic) bond motifs is 1. The standard InChI is InChI=1S/C24H32N4O2S.ClH/c29-21-17-24(9-3-4-10-24)18-22(30)28(21)12-6-5-11-26-13-15-27(16-14-26)23-19-7-1-2-8-20(19)31-25-23;/h1-2,7-8H,3-6,9-18H2;1H/i5D2,6D2,11D2,12D2;. The summed E-state index contributed by atoms with van der Waals surface area (Å²) in [5, 5.41) is 0.967. The quantitative estimate of drug-likeness (QED) is 0.571. The summed E-state index contributed by atoms with van der Waals surface area (Å²) in [5.74, 6) is -0.988. The lowest BCUT2D eigenvalue weighted by Gasteiger charge is -2.37. The second-order valence-electron chi connectivity index (χ2n) is 8.63. The van der Waals surface area contributed by atoms with E-state index in [2.05, 4.69) is 4.37 Å². The molecule has 174 valence electrons. The summed E-state index contributed by atoms with van der Waals surface area (Å²) in [6.45, 7) is -5.65. The van der Waals surface area contributed by atoms with Crippen molar-refractivity contribution < 1.29 is 20.6 Å². The van der Waals surface area contributed by atoms with Crippen molar-refractivity contribution >= 4 is 51.7 Å². The SMILES string of the molecule is Cl.[2H]C([2H])(N1CCN(c2nsc3ccccc23)CC1)C([2H])([2H])C([2H])([2H])C([2H])([2H])N1C(=O)CC2(CCCC2)CC1=O. The molecule has 2 amide bonds. The third-order valence-electron chi connectivity index (χ3n) is 6.60. The highest BCUT2D eigenvalue weighted by molar-refractivity contribution is 7.13. The molecule has 0 bridgehead atoms. The highest BCUT2D eigenvalue weighted by Gasteiger charge is 2.44. The average molecular weight is 485 g/mol. The number of benzene rings is 1. The molecule has 0 unspecified atom stereocenters. The van der Waals surface area contributed by atoms with Crippen LogP contribution in [0.5, 0.6) is 0 Å². The zero-order chi connectivity index (χ0) is 28.4. The fraction of sp³-hybridized carbons (Fsp3) is 0.625. The monoisotopic (exact) mass is 484 g/mol. The van der Waals surface area contributed by atoms with E-state index < -0.39 is 43.0 Å². The number of aromatic nitrogens is 1. The summed E-state index contributed by atoms with van der Waals surface area (Å²) in [4.78, 5) is 29.4. The Morgan fingerprint density at radius 2 is 1.62 bits per heavy atom. The third kappa shape index (κ3) is 4.80. The van der Waals surface area contributed by atoms with Crippen molar-refractivity contribution in [2.45, 2.75) is 51.3 Å². The van der Waals surface area contributed by atoms with Crippen LogP contribution in [0.1, 0.15) is 62.2 Å². The van der Waals surface area contributed by atoms with Gasteiger partial charge in [0.05, 0.1) is 4.70 Å². The van der Waals surface area contributed by atoms with Gasteiger partial charge in [0.15, 0.2) is 0 Å². The predicted octanol–water partition coefficient (Wildman–Crippen LogP) is 4.33. The summed E-state index contributed by atoms with van der Waals surface area (Å²) in [7, 11) is 0. The van der Waals surface area contributed by atoms with Crippen LogP contribution in [-0.4, -0.2) is 65.2 Å². The first-order valence-corrected chi connectivity index (χ1v) is 11.6. The first-order valence-electron chi connectivity index (χ1n) is 14.9. The van der Waals surface area contributed by atoms with Crippen LogP contribution < -0.4 is 4.90 Å². The molecule has 0 atom stereocenters. The van der Waals surface area contributed by atoms with Crippen LogP contribution in [0.25, 0.3) is 10.1 Å². The minimum Gasteiger partial charge on any atom is -0.353 e. The number of halogens is 1. The van der Waals surface area contributed by atoms with Gasteiger partial charge in [-0.05, 0) is 61.2 Å². The van der Waals surface area contributed by atoms with Gasteiger partial charge in [-0.25, -0.2) is 0 Å². The number of likely N-dealkylation sites (tertiary alicyclic amines) is 1. The Hall–Kier alpha value is -1.70. The topological polar surface area (TPSA) is 56.8 Å². The number of imide groups is 1. The van der Waals surface area contributed by atoms with E-state index in [9.17, 15) is 9.59 Å². The summed E-state index contributed by atoms with van der Waals surface area (Å²) in [6, 6.07) is 7.74. The van der Waals surface area contributed by atoms with Gasteiger partial charge in [0.25, 0.3) is 0 Å². The molecule has 2 saturated heterocycles. The number of piperazine rings is 1. The maximum Gasteiger partial charge on any atom is 0.229 e. The highest BCUT2D eigenvalue weighted by Crippen LogP contribution is 2.46. The van der Waals surface area contributed by atoms with Crippen molar-refractivity contribution in [1.82, 2.24) is 14.2 Å². The van der Waals surface area contributed by atoms with Crippen molar-refractivity contribution in [2.75, 3.05) is 44.1 Å². The lowest BCUT2D eigenvalue weighted by Crippen LogP contribution is -2.48. The molecule has 3 fully saturated rings. The predicted molar refractivity (Wildman–Crippen MR) is 132 cm³/mol. The molecule has 1 aliphatic carbocycles. The van der Waals surface area contributed by atoms with Gasteiger partial charge >= 0.3 is 0 Å². The number of hydrogen-bond acceptors (Lipinski definition) is 6. The van der Waals surface area contributed by atoms with Gasteiger partial charge < -0.3 is 4.90 Å². The van der Waals surface area contributed by atoms with E-state index in [0.717, 1.165) is 28.7 Å². The molecule has 2 aromatic rings. The second-order valence-corrected chi connectivity index (χ2v) is 9.44. The van der Waals surface area contributed by atoms with E-state index in [1.807, 2.05) is 29.2 Å². The minimum atomic E-state index is -3.56. The Balaban J connectivity index is 0.00000370. The lowest BCUT2D eigenvalue weighted by atomic mass is 9.76. The van der Waals surface area contributed by atoms with E-state index >= 15 is 0 Å². The number of anilines is 1. The average Bonchev–Trinajstić information content (AvgIpc) is 3.50. The largest absolute Gasteiger partial charge is 0.353 e. The molecule has 3 aliphatic rings. The van der Waals surface area contributed by atoms with Crippen LogP contribution in [0.4, 0.5) is 5.82 Å². The molecule has 3 heterocycles. The number of nitrogens with zero attached hydrogens (tertiary/aromatic N) is 4. The highest BCUT2D eigenvalue weighted by atomic mass is 35.5. The van der Waals surface area contributed by atoms with E-state index in [1.54, 1.807) is 0 Å². The fourth-order valence-electron chi connectivity index (χ4n) is 4.93. The van der Waals surface area contributed by atoms with Gasteiger partial charge in [0.2, 0.25) is 11.8 Å². The van der Waals surface area contributed by atoms with Gasteiger partial charge in [-0.15, -0.1) is 12.4 Å². The summed E-state index contributed by atoms with van der Waals surface area (Å²) in [5.41, 5.74) is -0.538. The number of hydrogen-bond donors (Lipinski definition) is 0. The summed E-state index contributed by atoms with van der Waals surface area (Å²) >= 11 is 1.35. The smallest absolute Gasteiger partial charge is 0.229 e. The molecule has 5 rings (SSSR count). The fourth-order valence-corrected chi connectivity index (χ4v) is 5.72. The minimum absolute atomic E-state index is 0. The zero-order valence-electron chi connectivity index (χ0n) is 25.8. The molecule has 0 N–H and O–H groups in total. The van der Waals surface area contributed by atoms with E-state index in [1.165, 1.54) is 16.4 Å². The van der Waals surface area contributed by atoms with E-state index in [0.29, 0.717) is 25.9 Å². The number of rotatable bonds is 6. The molecule has 1 spiro atoms. The molecular formula is C24H33ClN4O2S. The first-order chi connectivity index (χ1) is 18.1. The lowest BCUT2D eigenvalue weighted by molar-refractivity contribution is -0.153. The van der Waals surface area contributed by atoms with Crippen molar-refractivity contribution in [3.63, 3.8) is 0 Å². The molecule has 32 heavy (non-hydrogen) atoms. The summed E-state index contributed by atoms with van der Waals surface area (Å²) in [6.07, 6.45) is -4.12. The van der Waals surface area contributed by atoms with Gasteiger partial charge in [0.1, 0.15) is 5.82 Å². The van der Waals surface area contributed by atoms with Gasteiger partial charge in [0, 0.05) is 61.9 Å². The van der Waals surface area contributed by atoms with Gasteiger partial charge in [-0.1, -0.05) is 25.0 Å². The maximum atomic E-state index is 13.0. The molecule has 1 saturated carbocycles. The van der Waals surface area contributed by atoms with Crippen LogP contribution in [0.2, 0.25) is 0 Å². The van der Waals surface area contributed by atoms with Crippen LogP contribution in [0.15, 0.2) is 24.3 Å². The van der Waals surface area contributed by atoms with Crippen LogP contribution >= 0.6 is 23.9 Å². The number of piperidine rings is 1. The second kappa shape index (κ2) is 10.1. The number of carbonyl (C=O) groups excluding carboxylic acids is 2. The normalized spacial score (nSPS) is 27.0. The molecule has 1 aromatic heterocycles. The molecule has 2 aliphatic heterocycles. The molecule has 0 radical (unpaired) electrons. The van der Waals surface area contributed by atoms with Crippen molar-refractivity contribution in [1.29, 1.82) is 0 Å². The van der Waals surface area contributed by atoms with Crippen LogP contribution in [0.3, 0.4) is 0 Å². The number of amides is 2. The Labute approximate surface area is 211 Å². The summed E-state index contributed by atoms with van der Waals surface area (Å²) < 4.78 is 74.2. The Morgan fingerprint density at radius 1 is 0.969 bits per heavy atom. The molecule has 6 nitrogen and oxygen atoms in total. The molecule has 8 heteroatoms. The Kier molecular flexibility index (Phi) is 4.79. The van der Waals surface area contributed by atoms with Crippen molar-refractivity contribution in [2.24, 2.45) is 5.41 Å². The maximum absolute atomic E-state index is 13.0. The van der Waals surface area contributed by atoms with Crippen LogP contribution in [-0.2, 0) is 9.59 Å². The molecule has 1 aromatic carbocycles. The van der Waals surface area contributed by atoms with E-state index in [4.69, 9.17) is 11.0 Å². The molecular weight excluding hydrogens is 444 g/mol. The van der Waals surface area contributed by atoms with Crippen molar-refractivity contribution in [3.8, 4) is 0 Å². The Morgan fingerprint density at radius 3 is 2.34 bits per heavy atom. The van der Waals surface area contributed by atoms with Crippen molar-refractivity contribution in [3.05, 3.63) is 24.3 Å². The first kappa shape index (κ1) is 15.3. The van der Waals surface area contributed by atoms with E-state index in [-0.39, 0.29) is 43.2 Å².